The number of aryl methyl sites for hydroxylation is 1. The third-order valence-corrected chi connectivity index (χ3v) is 3.94. The van der Waals surface area contributed by atoms with E-state index in [0.717, 1.165) is 22.3 Å². The van der Waals surface area contributed by atoms with Crippen LogP contribution in [0.5, 0.6) is 0 Å². The lowest BCUT2D eigenvalue weighted by atomic mass is 10.1. The molecule has 19 heavy (non-hydrogen) atoms. The molecule has 1 saturated heterocycles. The number of hydrogen-bond acceptors (Lipinski definition) is 4. The first-order valence-electron chi connectivity index (χ1n) is 5.22. The lowest BCUT2D eigenvalue weighted by Crippen LogP contribution is -2.44. The summed E-state index contributed by atoms with van der Waals surface area (Å²) >= 11 is 12.0. The minimum atomic E-state index is -0.490. The summed E-state index contributed by atoms with van der Waals surface area (Å²) in [6.45, 7) is 5.42. The SMILES string of the molecule is C=C1SC(=S)N(NC(=O)c2ccc(C)cc2Cl)C1=O. The zero-order valence-electron chi connectivity index (χ0n) is 9.90. The van der Waals surface area contributed by atoms with Crippen LogP contribution >= 0.6 is 35.6 Å². The van der Waals surface area contributed by atoms with E-state index in [9.17, 15) is 9.59 Å². The average Bonchev–Trinajstić information content (AvgIpc) is 2.56. The van der Waals surface area contributed by atoms with Gasteiger partial charge in [-0.1, -0.05) is 36.0 Å². The van der Waals surface area contributed by atoms with E-state index < -0.39 is 11.8 Å². The Balaban J connectivity index is 2.20. The van der Waals surface area contributed by atoms with Gasteiger partial charge >= 0.3 is 0 Å². The highest BCUT2D eigenvalue weighted by Crippen LogP contribution is 2.28. The Hall–Kier alpha value is -1.37. The van der Waals surface area contributed by atoms with Crippen molar-refractivity contribution in [2.75, 3.05) is 0 Å². The average molecular weight is 313 g/mol. The minimum Gasteiger partial charge on any atom is -0.267 e. The number of hydrogen-bond donors (Lipinski definition) is 1. The van der Waals surface area contributed by atoms with Gasteiger partial charge in [-0.2, -0.15) is 5.01 Å². The van der Waals surface area contributed by atoms with Gasteiger partial charge in [-0.05, 0) is 36.8 Å². The van der Waals surface area contributed by atoms with Crippen molar-refractivity contribution in [2.24, 2.45) is 0 Å². The van der Waals surface area contributed by atoms with Crippen LogP contribution in [0.1, 0.15) is 15.9 Å². The van der Waals surface area contributed by atoms with Crippen LogP contribution in [0.3, 0.4) is 0 Å². The quantitative estimate of drug-likeness (QED) is 0.674. The Morgan fingerprint density at radius 3 is 2.74 bits per heavy atom. The number of rotatable bonds is 2. The molecule has 1 N–H and O–H groups in total. The predicted octanol–water partition coefficient (Wildman–Crippen LogP) is 2.67. The molecule has 1 heterocycles. The second-order valence-corrected chi connectivity index (χ2v) is 5.99. The summed E-state index contributed by atoms with van der Waals surface area (Å²) in [7, 11) is 0. The molecule has 2 amide bonds. The Morgan fingerprint density at radius 1 is 1.53 bits per heavy atom. The van der Waals surface area contributed by atoms with Crippen molar-refractivity contribution < 1.29 is 9.59 Å². The van der Waals surface area contributed by atoms with Gasteiger partial charge in [0.25, 0.3) is 11.8 Å². The molecule has 0 aromatic heterocycles. The van der Waals surface area contributed by atoms with Crippen molar-refractivity contribution in [1.29, 1.82) is 0 Å². The number of nitrogens with zero attached hydrogens (tertiary/aromatic N) is 1. The molecule has 0 bridgehead atoms. The molecule has 0 radical (unpaired) electrons. The Bertz CT molecular complexity index is 616. The van der Waals surface area contributed by atoms with Crippen LogP contribution in [0.2, 0.25) is 5.02 Å². The molecule has 1 aliphatic heterocycles. The number of amides is 2. The summed E-state index contributed by atoms with van der Waals surface area (Å²) < 4.78 is 0.242. The number of benzene rings is 1. The Morgan fingerprint density at radius 2 is 2.21 bits per heavy atom. The highest BCUT2D eigenvalue weighted by molar-refractivity contribution is 8.26. The van der Waals surface area contributed by atoms with Gasteiger partial charge in [-0.3, -0.25) is 15.0 Å². The standard InChI is InChI=1S/C12H9ClN2O2S2/c1-6-3-4-8(9(13)5-6)10(16)14-15-11(17)7(2)19-12(15)18/h3-5H,2H2,1H3,(H,14,16). The maximum absolute atomic E-state index is 12.0. The summed E-state index contributed by atoms with van der Waals surface area (Å²) in [6.07, 6.45) is 0. The van der Waals surface area contributed by atoms with E-state index in [1.165, 1.54) is 0 Å². The zero-order chi connectivity index (χ0) is 14.2. The number of nitrogens with one attached hydrogen (secondary N) is 1. The summed E-state index contributed by atoms with van der Waals surface area (Å²) in [4.78, 5) is 24.0. The van der Waals surface area contributed by atoms with Crippen molar-refractivity contribution in [3.05, 3.63) is 45.8 Å². The van der Waals surface area contributed by atoms with Crippen molar-refractivity contribution in [3.63, 3.8) is 0 Å². The number of carbonyl (C=O) groups excluding carboxylic acids is 2. The van der Waals surface area contributed by atoms with E-state index in [1.807, 2.05) is 6.92 Å². The number of thioether (sulfide) groups is 1. The van der Waals surface area contributed by atoms with Crippen LogP contribution in [0, 0.1) is 6.92 Å². The van der Waals surface area contributed by atoms with Gasteiger partial charge in [0.1, 0.15) is 0 Å². The maximum Gasteiger partial charge on any atom is 0.284 e. The molecule has 2 rings (SSSR count). The van der Waals surface area contributed by atoms with Crippen molar-refractivity contribution in [3.8, 4) is 0 Å². The lowest BCUT2D eigenvalue weighted by Gasteiger charge is -2.16. The topological polar surface area (TPSA) is 49.4 Å². The maximum atomic E-state index is 12.0. The van der Waals surface area contributed by atoms with Crippen molar-refractivity contribution in [1.82, 2.24) is 10.4 Å². The van der Waals surface area contributed by atoms with Gasteiger partial charge in [0, 0.05) is 0 Å². The van der Waals surface area contributed by atoms with Crippen LogP contribution in [-0.2, 0) is 4.79 Å². The largest absolute Gasteiger partial charge is 0.284 e. The summed E-state index contributed by atoms with van der Waals surface area (Å²) in [5, 5.41) is 1.32. The van der Waals surface area contributed by atoms with Crippen molar-refractivity contribution >= 4 is 51.7 Å². The molecule has 4 nitrogen and oxygen atoms in total. The number of thiocarbonyl (C=S) groups is 1. The second-order valence-electron chi connectivity index (χ2n) is 3.86. The van der Waals surface area contributed by atoms with Gasteiger partial charge < -0.3 is 0 Å². The molecular weight excluding hydrogens is 304 g/mol. The number of carbonyl (C=O) groups is 2. The second kappa shape index (κ2) is 5.32. The van der Waals surface area contributed by atoms with Gasteiger partial charge in [-0.15, -0.1) is 0 Å². The molecular formula is C12H9ClN2O2S2. The van der Waals surface area contributed by atoms with Crippen molar-refractivity contribution in [2.45, 2.75) is 6.92 Å². The third kappa shape index (κ3) is 2.80. The predicted molar refractivity (Wildman–Crippen MR) is 79.8 cm³/mol. The molecule has 1 aromatic carbocycles. The minimum absolute atomic E-state index is 0.242. The molecule has 0 atom stereocenters. The van der Waals surface area contributed by atoms with Crippen LogP contribution in [0.25, 0.3) is 0 Å². The van der Waals surface area contributed by atoms with Crippen LogP contribution < -0.4 is 5.43 Å². The smallest absolute Gasteiger partial charge is 0.267 e. The van der Waals surface area contributed by atoms with Gasteiger partial charge in [0.15, 0.2) is 4.32 Å². The summed E-state index contributed by atoms with van der Waals surface area (Å²) in [6, 6.07) is 5.03. The van der Waals surface area contributed by atoms with Gasteiger partial charge in [-0.25, -0.2) is 0 Å². The summed E-state index contributed by atoms with van der Waals surface area (Å²) in [5.74, 6) is -0.914. The first kappa shape index (κ1) is 14.0. The highest BCUT2D eigenvalue weighted by atomic mass is 35.5. The lowest BCUT2D eigenvalue weighted by molar-refractivity contribution is -0.123. The molecule has 98 valence electrons. The highest BCUT2D eigenvalue weighted by Gasteiger charge is 2.32. The fourth-order valence-corrected chi connectivity index (χ4v) is 2.83. The van der Waals surface area contributed by atoms with E-state index in [-0.39, 0.29) is 14.8 Å². The number of hydrazine groups is 1. The van der Waals surface area contributed by atoms with E-state index in [0.29, 0.717) is 5.02 Å². The molecule has 1 fully saturated rings. The van der Waals surface area contributed by atoms with E-state index in [1.54, 1.807) is 18.2 Å². The monoisotopic (exact) mass is 312 g/mol. The molecule has 0 saturated carbocycles. The van der Waals surface area contributed by atoms with Gasteiger partial charge in [0.2, 0.25) is 0 Å². The molecule has 1 aromatic rings. The molecule has 1 aliphatic rings. The normalized spacial score (nSPS) is 15.1. The number of halogens is 1. The fraction of sp³-hybridized carbons (Fsp3) is 0.0833. The van der Waals surface area contributed by atoms with E-state index in [2.05, 4.69) is 12.0 Å². The van der Waals surface area contributed by atoms with Crippen LogP contribution in [0.15, 0.2) is 29.7 Å². The van der Waals surface area contributed by atoms with E-state index in [4.69, 9.17) is 23.8 Å². The first-order chi connectivity index (χ1) is 8.90. The van der Waals surface area contributed by atoms with E-state index >= 15 is 0 Å². The van der Waals surface area contributed by atoms with Crippen LogP contribution in [0.4, 0.5) is 0 Å². The molecule has 0 unspecified atom stereocenters. The first-order valence-corrected chi connectivity index (χ1v) is 6.82. The van der Waals surface area contributed by atoms with Gasteiger partial charge in [0.05, 0.1) is 15.5 Å². The zero-order valence-corrected chi connectivity index (χ0v) is 12.3. The summed E-state index contributed by atoms with van der Waals surface area (Å²) in [5.41, 5.74) is 3.65. The molecule has 7 heteroatoms. The molecule has 0 spiro atoms. The fourth-order valence-electron chi connectivity index (χ4n) is 1.46. The Labute approximate surface area is 124 Å². The Kier molecular flexibility index (Phi) is 3.93. The third-order valence-electron chi connectivity index (χ3n) is 2.42. The van der Waals surface area contributed by atoms with Crippen LogP contribution in [-0.4, -0.2) is 21.1 Å². The molecule has 0 aliphatic carbocycles.